The zero-order valence-electron chi connectivity index (χ0n) is 17.6. The molecule has 3 atom stereocenters. The van der Waals surface area contributed by atoms with E-state index >= 15 is 0 Å². The summed E-state index contributed by atoms with van der Waals surface area (Å²) in [5.74, 6) is 2.17. The van der Waals surface area contributed by atoms with E-state index in [1.165, 1.54) is 37.8 Å². The molecule has 2 aromatic rings. The highest BCUT2D eigenvalue weighted by Gasteiger charge is 2.39. The number of aryl methyl sites for hydroxylation is 2. The van der Waals surface area contributed by atoms with Crippen LogP contribution in [0.3, 0.4) is 0 Å². The quantitative estimate of drug-likeness (QED) is 0.535. The van der Waals surface area contributed by atoms with E-state index in [1.807, 2.05) is 6.07 Å². The van der Waals surface area contributed by atoms with Gasteiger partial charge in [0.15, 0.2) is 0 Å². The van der Waals surface area contributed by atoms with Crippen molar-refractivity contribution < 1.29 is 18.0 Å². The molecule has 6 heteroatoms. The summed E-state index contributed by atoms with van der Waals surface area (Å²) in [6.07, 6.45) is 5.30. The first-order valence-electron chi connectivity index (χ1n) is 11.3. The zero-order chi connectivity index (χ0) is 21.8. The van der Waals surface area contributed by atoms with E-state index in [0.717, 1.165) is 43.0 Å². The lowest BCUT2D eigenvalue weighted by molar-refractivity contribution is -0.137. The fourth-order valence-electron chi connectivity index (χ4n) is 5.31. The summed E-state index contributed by atoms with van der Waals surface area (Å²) in [5, 5.41) is 3.12. The lowest BCUT2D eigenvalue weighted by atomic mass is 9.89. The van der Waals surface area contributed by atoms with Gasteiger partial charge in [-0.05, 0) is 86.5 Å². The number of pyridine rings is 1. The van der Waals surface area contributed by atoms with Crippen molar-refractivity contribution in [2.45, 2.75) is 57.5 Å². The number of rotatable bonds is 8. The van der Waals surface area contributed by atoms with Gasteiger partial charge in [-0.25, -0.2) is 0 Å². The molecule has 2 aliphatic rings. The van der Waals surface area contributed by atoms with Gasteiger partial charge in [-0.15, -0.1) is 0 Å². The van der Waals surface area contributed by atoms with Gasteiger partial charge in [0, 0.05) is 12.7 Å². The maximum Gasteiger partial charge on any atom is 0.416 e. The van der Waals surface area contributed by atoms with E-state index in [4.69, 9.17) is 0 Å². The average molecular weight is 431 g/mol. The number of alkyl halides is 3. The van der Waals surface area contributed by atoms with E-state index in [0.29, 0.717) is 29.9 Å². The maximum absolute atomic E-state index is 12.9. The SMILES string of the molecule is O=C(NCC1CC2CCC1C2)c1cccnc1CCCCc1cccc(C(F)(F)F)c1. The number of hydrogen-bond acceptors (Lipinski definition) is 2. The van der Waals surface area contributed by atoms with E-state index < -0.39 is 11.7 Å². The van der Waals surface area contributed by atoms with Crippen molar-refractivity contribution in [2.24, 2.45) is 17.8 Å². The summed E-state index contributed by atoms with van der Waals surface area (Å²) in [7, 11) is 0. The number of carbonyl (C=O) groups is 1. The third kappa shape index (κ3) is 5.46. The standard InChI is InChI=1S/C25H29F3N2O/c26-25(27,28)21-7-3-6-17(15-21)5-1-2-9-23-22(8-4-12-29-23)24(31)30-16-20-14-18-10-11-19(20)13-18/h3-4,6-8,12,15,18-20H,1-2,5,9-11,13-14,16H2,(H,30,31). The number of aromatic nitrogens is 1. The topological polar surface area (TPSA) is 42.0 Å². The molecule has 3 nitrogen and oxygen atoms in total. The third-order valence-corrected chi connectivity index (χ3v) is 6.93. The van der Waals surface area contributed by atoms with Crippen LogP contribution in [0.4, 0.5) is 13.2 Å². The highest BCUT2D eigenvalue weighted by molar-refractivity contribution is 5.95. The Morgan fingerprint density at radius 2 is 1.90 bits per heavy atom. The number of unbranched alkanes of at least 4 members (excludes halogenated alkanes) is 1. The molecule has 1 aromatic heterocycles. The van der Waals surface area contributed by atoms with Gasteiger partial charge in [0.05, 0.1) is 16.8 Å². The van der Waals surface area contributed by atoms with Crippen molar-refractivity contribution in [3.8, 4) is 0 Å². The summed E-state index contributed by atoms with van der Waals surface area (Å²) >= 11 is 0. The Kier molecular flexibility index (Phi) is 6.63. The molecular formula is C25H29F3N2O. The van der Waals surface area contributed by atoms with Crippen molar-refractivity contribution in [3.63, 3.8) is 0 Å². The summed E-state index contributed by atoms with van der Waals surface area (Å²) < 4.78 is 38.6. The first kappa shape index (κ1) is 21.8. The van der Waals surface area contributed by atoms with Crippen LogP contribution in [-0.2, 0) is 19.0 Å². The Bertz CT molecular complexity index is 912. The van der Waals surface area contributed by atoms with Gasteiger partial charge in [-0.2, -0.15) is 13.2 Å². The molecule has 0 aliphatic heterocycles. The largest absolute Gasteiger partial charge is 0.416 e. The molecule has 2 bridgehead atoms. The fourth-order valence-corrected chi connectivity index (χ4v) is 5.31. The van der Waals surface area contributed by atoms with Crippen LogP contribution in [0, 0.1) is 17.8 Å². The molecule has 1 N–H and O–H groups in total. The molecule has 2 aliphatic carbocycles. The molecule has 0 spiro atoms. The number of benzene rings is 1. The third-order valence-electron chi connectivity index (χ3n) is 6.93. The average Bonchev–Trinajstić information content (AvgIpc) is 3.38. The normalized spacial score (nSPS) is 22.6. The number of carbonyl (C=O) groups excluding carboxylic acids is 1. The van der Waals surface area contributed by atoms with Crippen molar-refractivity contribution in [1.82, 2.24) is 10.3 Å². The molecule has 166 valence electrons. The molecule has 31 heavy (non-hydrogen) atoms. The van der Waals surface area contributed by atoms with Crippen molar-refractivity contribution in [2.75, 3.05) is 6.54 Å². The monoisotopic (exact) mass is 430 g/mol. The van der Waals surface area contributed by atoms with Crippen LogP contribution in [0.15, 0.2) is 42.6 Å². The van der Waals surface area contributed by atoms with Crippen molar-refractivity contribution in [3.05, 3.63) is 65.0 Å². The number of hydrogen-bond donors (Lipinski definition) is 1. The van der Waals surface area contributed by atoms with Crippen LogP contribution in [0.1, 0.15) is 65.7 Å². The van der Waals surface area contributed by atoms with Gasteiger partial charge >= 0.3 is 6.18 Å². The lowest BCUT2D eigenvalue weighted by Crippen LogP contribution is -2.32. The minimum absolute atomic E-state index is 0.0660. The Hall–Kier alpha value is -2.37. The number of amides is 1. The molecule has 1 aromatic carbocycles. The fraction of sp³-hybridized carbons (Fsp3) is 0.520. The second-order valence-electron chi connectivity index (χ2n) is 9.05. The lowest BCUT2D eigenvalue weighted by Gasteiger charge is -2.22. The van der Waals surface area contributed by atoms with Crippen LogP contribution in [0.5, 0.6) is 0 Å². The van der Waals surface area contributed by atoms with Crippen LogP contribution in [-0.4, -0.2) is 17.4 Å². The second-order valence-corrected chi connectivity index (χ2v) is 9.05. The Morgan fingerprint density at radius 1 is 1.06 bits per heavy atom. The van der Waals surface area contributed by atoms with Crippen LogP contribution in [0.25, 0.3) is 0 Å². The van der Waals surface area contributed by atoms with Crippen LogP contribution in [0.2, 0.25) is 0 Å². The van der Waals surface area contributed by atoms with Gasteiger partial charge in [0.1, 0.15) is 0 Å². The van der Waals surface area contributed by atoms with Gasteiger partial charge in [-0.3, -0.25) is 9.78 Å². The Labute approximate surface area is 181 Å². The van der Waals surface area contributed by atoms with E-state index in [2.05, 4.69) is 10.3 Å². The molecule has 0 saturated heterocycles. The van der Waals surface area contributed by atoms with Gasteiger partial charge in [-0.1, -0.05) is 24.6 Å². The van der Waals surface area contributed by atoms with Crippen molar-refractivity contribution >= 4 is 5.91 Å². The first-order chi connectivity index (χ1) is 14.9. The minimum atomic E-state index is -4.32. The van der Waals surface area contributed by atoms with Gasteiger partial charge in [0.25, 0.3) is 5.91 Å². The summed E-state index contributed by atoms with van der Waals surface area (Å²) in [5.41, 5.74) is 1.45. The molecule has 1 heterocycles. The summed E-state index contributed by atoms with van der Waals surface area (Å²) in [6.45, 7) is 0.740. The molecule has 0 radical (unpaired) electrons. The second kappa shape index (κ2) is 9.41. The smallest absolute Gasteiger partial charge is 0.352 e. The van der Waals surface area contributed by atoms with Crippen LogP contribution < -0.4 is 5.32 Å². The number of fused-ring (bicyclic) bond motifs is 2. The van der Waals surface area contributed by atoms with Gasteiger partial charge < -0.3 is 5.32 Å². The predicted molar refractivity (Wildman–Crippen MR) is 114 cm³/mol. The molecular weight excluding hydrogens is 401 g/mol. The molecule has 2 saturated carbocycles. The number of halogens is 3. The van der Waals surface area contributed by atoms with Crippen LogP contribution >= 0.6 is 0 Å². The summed E-state index contributed by atoms with van der Waals surface area (Å²) in [4.78, 5) is 17.2. The van der Waals surface area contributed by atoms with E-state index in [-0.39, 0.29) is 5.91 Å². The maximum atomic E-state index is 12.9. The number of nitrogens with zero attached hydrogens (tertiary/aromatic N) is 1. The Balaban J connectivity index is 1.27. The predicted octanol–water partition coefficient (Wildman–Crippen LogP) is 5.83. The van der Waals surface area contributed by atoms with E-state index in [9.17, 15) is 18.0 Å². The molecule has 2 fully saturated rings. The van der Waals surface area contributed by atoms with E-state index in [1.54, 1.807) is 18.3 Å². The van der Waals surface area contributed by atoms with Crippen molar-refractivity contribution in [1.29, 1.82) is 0 Å². The highest BCUT2D eigenvalue weighted by atomic mass is 19.4. The van der Waals surface area contributed by atoms with Gasteiger partial charge in [0.2, 0.25) is 0 Å². The highest BCUT2D eigenvalue weighted by Crippen LogP contribution is 2.47. The summed E-state index contributed by atoms with van der Waals surface area (Å²) in [6, 6.07) is 9.08. The Morgan fingerprint density at radius 3 is 2.65 bits per heavy atom. The first-order valence-corrected chi connectivity index (χ1v) is 11.3. The minimum Gasteiger partial charge on any atom is -0.352 e. The molecule has 1 amide bonds. The molecule has 4 rings (SSSR count). The molecule has 3 unspecified atom stereocenters. The number of nitrogens with one attached hydrogen (secondary N) is 1. The zero-order valence-corrected chi connectivity index (χ0v) is 17.6.